The second-order valence-electron chi connectivity index (χ2n) is 10.4. The summed E-state index contributed by atoms with van der Waals surface area (Å²) in [7, 11) is 0. The molecule has 0 aromatic rings. The Bertz CT molecular complexity index is 788. The predicted molar refractivity (Wildman–Crippen MR) is 97.8 cm³/mol. The van der Waals surface area contributed by atoms with E-state index in [1.165, 1.54) is 0 Å². The Hall–Kier alpha value is -1.04. The summed E-state index contributed by atoms with van der Waals surface area (Å²) in [5, 5.41) is 22.1. The first-order valence-electron chi connectivity index (χ1n) is 10.3. The fourth-order valence-corrected chi connectivity index (χ4v) is 8.20. The van der Waals surface area contributed by atoms with Crippen molar-refractivity contribution < 1.29 is 24.5 Å². The number of aliphatic hydroxyl groups excluding tert-OH is 2. The molecule has 5 aliphatic rings. The number of carbonyl (C=O) groups excluding carboxylic acids is 2. The van der Waals surface area contributed by atoms with E-state index in [0.29, 0.717) is 6.42 Å². The Morgan fingerprint density at radius 1 is 1.19 bits per heavy atom. The maximum atomic E-state index is 12.6. The summed E-state index contributed by atoms with van der Waals surface area (Å²) in [6.45, 7) is 7.98. The molecule has 5 rings (SSSR count). The molecule has 1 saturated heterocycles. The molecule has 4 fully saturated rings. The Morgan fingerprint density at radius 2 is 1.89 bits per heavy atom. The van der Waals surface area contributed by atoms with E-state index in [4.69, 9.17) is 4.74 Å². The van der Waals surface area contributed by atoms with E-state index in [0.717, 1.165) is 31.3 Å². The van der Waals surface area contributed by atoms with Crippen molar-refractivity contribution in [2.45, 2.75) is 83.2 Å². The van der Waals surface area contributed by atoms with E-state index in [9.17, 15) is 19.8 Å². The molecule has 0 radical (unpaired) electrons. The number of carbonyl (C=O) groups is 2. The average Bonchev–Trinajstić information content (AvgIpc) is 3.18. The Kier molecular flexibility index (Phi) is 3.28. The Morgan fingerprint density at radius 3 is 2.56 bits per heavy atom. The Labute approximate surface area is 160 Å². The summed E-state index contributed by atoms with van der Waals surface area (Å²) in [6.07, 6.45) is 3.46. The molecule has 2 N–H and O–H groups in total. The molecule has 9 atom stereocenters. The molecule has 5 heteroatoms. The molecule has 148 valence electrons. The van der Waals surface area contributed by atoms with Gasteiger partial charge in [0.05, 0.1) is 6.10 Å². The third kappa shape index (κ3) is 1.78. The summed E-state index contributed by atoms with van der Waals surface area (Å²) in [5.74, 6) is 0.428. The summed E-state index contributed by atoms with van der Waals surface area (Å²) in [5.41, 5.74) is -1.02. The summed E-state index contributed by atoms with van der Waals surface area (Å²) in [4.78, 5) is 24.6. The van der Waals surface area contributed by atoms with Crippen LogP contribution in [0.25, 0.3) is 0 Å². The van der Waals surface area contributed by atoms with Gasteiger partial charge in [0.25, 0.3) is 0 Å². The lowest BCUT2D eigenvalue weighted by Gasteiger charge is -2.60. The van der Waals surface area contributed by atoms with Crippen molar-refractivity contribution in [1.29, 1.82) is 0 Å². The molecular weight excluding hydrogens is 344 g/mol. The van der Waals surface area contributed by atoms with Crippen molar-refractivity contribution >= 4 is 11.6 Å². The van der Waals surface area contributed by atoms with Gasteiger partial charge in [-0.15, -0.1) is 0 Å². The molecule has 0 unspecified atom stereocenters. The average molecular weight is 374 g/mol. The number of aliphatic hydroxyl groups is 2. The monoisotopic (exact) mass is 374 g/mol. The molecule has 0 aromatic heterocycles. The lowest BCUT2D eigenvalue weighted by atomic mass is 9.45. The minimum atomic E-state index is -0.998. The number of fused-ring (bicyclic) bond motifs is 7. The summed E-state index contributed by atoms with van der Waals surface area (Å²) >= 11 is 0. The van der Waals surface area contributed by atoms with Crippen LogP contribution in [0.4, 0.5) is 0 Å². The van der Waals surface area contributed by atoms with Gasteiger partial charge >= 0.3 is 0 Å². The van der Waals surface area contributed by atoms with Crippen molar-refractivity contribution in [2.75, 3.05) is 0 Å². The van der Waals surface area contributed by atoms with Gasteiger partial charge < -0.3 is 14.9 Å². The molecule has 1 heterocycles. The lowest BCUT2D eigenvalue weighted by Crippen LogP contribution is -2.62. The normalized spacial score (nSPS) is 58.5. The van der Waals surface area contributed by atoms with Gasteiger partial charge in [0, 0.05) is 11.8 Å². The zero-order chi connectivity index (χ0) is 19.6. The number of ketones is 2. The van der Waals surface area contributed by atoms with Gasteiger partial charge in [0.1, 0.15) is 11.7 Å². The number of Topliss-reactive ketones (excluding diaryl/α,β-unsaturated/α-hetero) is 1. The highest BCUT2D eigenvalue weighted by Gasteiger charge is 2.86. The van der Waals surface area contributed by atoms with E-state index in [1.54, 1.807) is 13.0 Å². The quantitative estimate of drug-likeness (QED) is 0.687. The number of ether oxygens (including phenoxy) is 1. The smallest absolute Gasteiger partial charge is 0.165 e. The van der Waals surface area contributed by atoms with Crippen molar-refractivity contribution in [3.63, 3.8) is 0 Å². The highest BCUT2D eigenvalue weighted by molar-refractivity contribution is 5.92. The molecule has 5 nitrogen and oxygen atoms in total. The molecule has 3 saturated carbocycles. The molecule has 4 aliphatic carbocycles. The highest BCUT2D eigenvalue weighted by atomic mass is 16.6. The zero-order valence-corrected chi connectivity index (χ0v) is 16.6. The fraction of sp³-hybridized carbons (Fsp3) is 0.818. The number of rotatable bonds is 1. The van der Waals surface area contributed by atoms with Gasteiger partial charge in [-0.05, 0) is 74.3 Å². The first-order valence-corrected chi connectivity index (χ1v) is 10.3. The molecular formula is C22H30O5. The van der Waals surface area contributed by atoms with Gasteiger partial charge in [-0.3, -0.25) is 9.59 Å². The van der Waals surface area contributed by atoms with Crippen LogP contribution in [0.2, 0.25) is 0 Å². The fourth-order valence-electron chi connectivity index (χ4n) is 8.20. The van der Waals surface area contributed by atoms with Crippen LogP contribution in [0, 0.1) is 28.6 Å². The van der Waals surface area contributed by atoms with E-state index in [2.05, 4.69) is 13.8 Å². The highest BCUT2D eigenvalue weighted by Crippen LogP contribution is 2.77. The van der Waals surface area contributed by atoms with Gasteiger partial charge in [-0.1, -0.05) is 13.8 Å². The number of hydrogen-bond donors (Lipinski definition) is 2. The van der Waals surface area contributed by atoms with Crippen molar-refractivity contribution in [3.05, 3.63) is 11.6 Å². The van der Waals surface area contributed by atoms with Crippen LogP contribution in [0.15, 0.2) is 11.6 Å². The minimum absolute atomic E-state index is 0.0476. The molecule has 0 bridgehead atoms. The van der Waals surface area contributed by atoms with E-state index in [1.807, 2.05) is 6.92 Å². The zero-order valence-electron chi connectivity index (χ0n) is 16.6. The lowest BCUT2D eigenvalue weighted by molar-refractivity contribution is -0.167. The third-order valence-electron chi connectivity index (χ3n) is 9.43. The van der Waals surface area contributed by atoms with E-state index < -0.39 is 23.4 Å². The first kappa shape index (κ1) is 18.0. The summed E-state index contributed by atoms with van der Waals surface area (Å²) < 4.78 is 6.10. The maximum Gasteiger partial charge on any atom is 0.165 e. The van der Waals surface area contributed by atoms with Crippen molar-refractivity contribution in [2.24, 2.45) is 28.6 Å². The van der Waals surface area contributed by atoms with Gasteiger partial charge in [-0.2, -0.15) is 0 Å². The van der Waals surface area contributed by atoms with E-state index >= 15 is 0 Å². The molecule has 0 amide bonds. The molecule has 0 aromatic carbocycles. The SMILES string of the molecule is CC(=O)[C@@]12O[C@]1(C)C[C@H]1[C@@H]3[C@@H](O)[C@@H](O)C4=CC(=O)CC[C@]4(C)[C@H]3CC[C@@]12C. The topological polar surface area (TPSA) is 87.1 Å². The summed E-state index contributed by atoms with van der Waals surface area (Å²) in [6, 6.07) is 0. The van der Waals surface area contributed by atoms with Crippen LogP contribution >= 0.6 is 0 Å². The molecule has 1 aliphatic heterocycles. The predicted octanol–water partition coefficient (Wildman–Crippen LogP) is 2.19. The molecule has 0 spiro atoms. The second kappa shape index (κ2) is 4.92. The molecule has 27 heavy (non-hydrogen) atoms. The van der Waals surface area contributed by atoms with Crippen LogP contribution in [-0.4, -0.2) is 45.2 Å². The van der Waals surface area contributed by atoms with Crippen LogP contribution < -0.4 is 0 Å². The van der Waals surface area contributed by atoms with Crippen LogP contribution in [0.1, 0.15) is 59.8 Å². The number of hydrogen-bond acceptors (Lipinski definition) is 5. The second-order valence-corrected chi connectivity index (χ2v) is 10.4. The van der Waals surface area contributed by atoms with Gasteiger partial charge in [-0.25, -0.2) is 0 Å². The number of epoxide rings is 1. The maximum absolute atomic E-state index is 12.6. The van der Waals surface area contributed by atoms with Crippen LogP contribution in [0.5, 0.6) is 0 Å². The van der Waals surface area contributed by atoms with Crippen LogP contribution in [-0.2, 0) is 14.3 Å². The third-order valence-corrected chi connectivity index (χ3v) is 9.43. The van der Waals surface area contributed by atoms with E-state index in [-0.39, 0.29) is 40.2 Å². The standard InChI is InChI=1S/C22H30O5/c1-11(23)22-20(3)8-6-13-16(15(20)10-21(22,4)27-22)18(26)17(25)14-9-12(24)5-7-19(13,14)2/h9,13,15-18,25-26H,5-8,10H2,1-4H3/t13-,15-,16+,17-,18+,19+,20-,21+,22-/m0/s1. The minimum Gasteiger partial charge on any atom is -0.390 e. The van der Waals surface area contributed by atoms with Crippen molar-refractivity contribution in [1.82, 2.24) is 0 Å². The van der Waals surface area contributed by atoms with Gasteiger partial charge in [0.2, 0.25) is 0 Å². The largest absolute Gasteiger partial charge is 0.390 e. The Balaban J connectivity index is 1.60. The first-order chi connectivity index (χ1) is 12.5. The van der Waals surface area contributed by atoms with Gasteiger partial charge in [0.15, 0.2) is 17.2 Å². The van der Waals surface area contributed by atoms with Crippen LogP contribution in [0.3, 0.4) is 0 Å². The van der Waals surface area contributed by atoms with Crippen molar-refractivity contribution in [3.8, 4) is 0 Å².